The molecule has 0 unspecified atom stereocenters. The maximum atomic E-state index is 13.5. The summed E-state index contributed by atoms with van der Waals surface area (Å²) in [6, 6.07) is 2.00. The average Bonchev–Trinajstić information content (AvgIpc) is 2.26. The van der Waals surface area contributed by atoms with Crippen LogP contribution in [-0.4, -0.2) is 22.1 Å². The van der Waals surface area contributed by atoms with E-state index < -0.39 is 15.8 Å². The van der Waals surface area contributed by atoms with Gasteiger partial charge in [-0.2, -0.15) is 0 Å². The Morgan fingerprint density at radius 3 is 2.61 bits per heavy atom. The fraction of sp³-hybridized carbons (Fsp3) is 0.273. The van der Waals surface area contributed by atoms with Crippen LogP contribution in [0.1, 0.15) is 6.92 Å². The molecular formula is C11H15FN2O3S. The topological polar surface area (TPSA) is 81.4 Å². The molecular weight excluding hydrogens is 259 g/mol. The van der Waals surface area contributed by atoms with Crippen LogP contribution in [0, 0.1) is 5.82 Å². The van der Waals surface area contributed by atoms with Crippen molar-refractivity contribution in [3.05, 3.63) is 30.1 Å². The summed E-state index contributed by atoms with van der Waals surface area (Å²) >= 11 is 0. The molecule has 18 heavy (non-hydrogen) atoms. The van der Waals surface area contributed by atoms with Gasteiger partial charge in [-0.15, -0.1) is 0 Å². The number of benzene rings is 1. The third-order valence-corrected chi connectivity index (χ3v) is 3.50. The molecule has 0 atom stereocenters. The Morgan fingerprint density at radius 2 is 2.17 bits per heavy atom. The molecule has 0 radical (unpaired) electrons. The molecule has 3 N–H and O–H groups in total. The number of anilines is 1. The summed E-state index contributed by atoms with van der Waals surface area (Å²) in [5.74, 6) is -0.998. The van der Waals surface area contributed by atoms with Crippen molar-refractivity contribution in [3.8, 4) is 5.75 Å². The number of ether oxygens (including phenoxy) is 1. The number of nitrogens with two attached hydrogens (primary N) is 1. The van der Waals surface area contributed by atoms with Crippen LogP contribution in [0.25, 0.3) is 0 Å². The van der Waals surface area contributed by atoms with Gasteiger partial charge < -0.3 is 10.5 Å². The molecule has 0 bridgehead atoms. The lowest BCUT2D eigenvalue weighted by Gasteiger charge is -2.10. The molecule has 0 saturated carbocycles. The van der Waals surface area contributed by atoms with E-state index in [2.05, 4.69) is 11.3 Å². The van der Waals surface area contributed by atoms with Gasteiger partial charge in [-0.25, -0.2) is 17.5 Å². The van der Waals surface area contributed by atoms with E-state index in [9.17, 15) is 12.8 Å². The molecule has 0 aliphatic rings. The number of nitrogens with one attached hydrogen (secondary N) is 1. The zero-order valence-electron chi connectivity index (χ0n) is 10.2. The third kappa shape index (κ3) is 3.21. The van der Waals surface area contributed by atoms with Gasteiger partial charge in [0.2, 0.25) is 10.0 Å². The number of rotatable bonds is 5. The van der Waals surface area contributed by atoms with Gasteiger partial charge in [0.1, 0.15) is 0 Å². The predicted molar refractivity (Wildman–Crippen MR) is 67.4 cm³/mol. The lowest BCUT2D eigenvalue weighted by Crippen LogP contribution is -2.25. The molecule has 1 aromatic carbocycles. The Labute approximate surface area is 105 Å². The van der Waals surface area contributed by atoms with Gasteiger partial charge in [0.05, 0.1) is 17.7 Å². The van der Waals surface area contributed by atoms with E-state index in [1.165, 1.54) is 7.11 Å². The van der Waals surface area contributed by atoms with Crippen molar-refractivity contribution in [2.75, 3.05) is 19.4 Å². The van der Waals surface area contributed by atoms with Crippen molar-refractivity contribution in [1.29, 1.82) is 0 Å². The Morgan fingerprint density at radius 1 is 1.56 bits per heavy atom. The van der Waals surface area contributed by atoms with Crippen LogP contribution in [-0.2, 0) is 10.0 Å². The monoisotopic (exact) mass is 274 g/mol. The first-order valence-electron chi connectivity index (χ1n) is 5.05. The molecule has 5 nitrogen and oxygen atoms in total. The second-order valence-electron chi connectivity index (χ2n) is 3.81. The summed E-state index contributed by atoms with van der Waals surface area (Å²) in [5, 5.41) is 0. The molecule has 0 spiro atoms. The van der Waals surface area contributed by atoms with Crippen molar-refractivity contribution in [1.82, 2.24) is 4.72 Å². The van der Waals surface area contributed by atoms with Crippen molar-refractivity contribution >= 4 is 15.7 Å². The molecule has 1 aromatic rings. The van der Waals surface area contributed by atoms with Crippen molar-refractivity contribution < 1.29 is 17.5 Å². The average molecular weight is 274 g/mol. The number of hydrogen-bond donors (Lipinski definition) is 2. The normalized spacial score (nSPS) is 11.3. The number of nitrogen functional groups attached to an aromatic ring is 1. The highest BCUT2D eigenvalue weighted by atomic mass is 32.2. The maximum Gasteiger partial charge on any atom is 0.241 e. The van der Waals surface area contributed by atoms with Crippen LogP contribution in [0.4, 0.5) is 10.1 Å². The van der Waals surface area contributed by atoms with Crippen LogP contribution in [0.2, 0.25) is 0 Å². The predicted octanol–water partition coefficient (Wildman–Crippen LogP) is 1.27. The second-order valence-corrected chi connectivity index (χ2v) is 5.58. The summed E-state index contributed by atoms with van der Waals surface area (Å²) < 4.78 is 44.2. The van der Waals surface area contributed by atoms with Gasteiger partial charge in [-0.3, -0.25) is 0 Å². The van der Waals surface area contributed by atoms with E-state index >= 15 is 0 Å². The minimum atomic E-state index is -3.81. The molecule has 100 valence electrons. The molecule has 0 fully saturated rings. The number of sulfonamides is 1. The molecule has 0 aromatic heterocycles. The minimum absolute atomic E-state index is 0.0757. The van der Waals surface area contributed by atoms with E-state index in [0.29, 0.717) is 5.57 Å². The summed E-state index contributed by atoms with van der Waals surface area (Å²) in [7, 11) is -2.56. The summed E-state index contributed by atoms with van der Waals surface area (Å²) in [5.41, 5.74) is 6.07. The highest BCUT2D eigenvalue weighted by Crippen LogP contribution is 2.28. The van der Waals surface area contributed by atoms with Crippen LogP contribution in [0.5, 0.6) is 5.75 Å². The highest BCUT2D eigenvalue weighted by Gasteiger charge is 2.18. The lowest BCUT2D eigenvalue weighted by molar-refractivity contribution is 0.388. The van der Waals surface area contributed by atoms with E-state index in [0.717, 1.165) is 12.1 Å². The molecule has 0 heterocycles. The standard InChI is InChI=1S/C11H15FN2O3S/c1-7(2)6-14-18(15,16)8-4-9(12)11(17-3)10(13)5-8/h4-5,14H,1,6,13H2,2-3H3. The molecule has 7 heteroatoms. The highest BCUT2D eigenvalue weighted by molar-refractivity contribution is 7.89. The summed E-state index contributed by atoms with van der Waals surface area (Å²) in [6.45, 7) is 5.32. The first kappa shape index (κ1) is 14.5. The van der Waals surface area contributed by atoms with Crippen LogP contribution >= 0.6 is 0 Å². The smallest absolute Gasteiger partial charge is 0.241 e. The van der Waals surface area contributed by atoms with Crippen LogP contribution in [0.3, 0.4) is 0 Å². The summed E-state index contributed by atoms with van der Waals surface area (Å²) in [4.78, 5) is -0.250. The SMILES string of the molecule is C=C(C)CNS(=O)(=O)c1cc(N)c(OC)c(F)c1. The summed E-state index contributed by atoms with van der Waals surface area (Å²) in [6.07, 6.45) is 0. The Balaban J connectivity index is 3.14. The quantitative estimate of drug-likeness (QED) is 0.626. The van der Waals surface area contributed by atoms with Gasteiger partial charge in [0.15, 0.2) is 11.6 Å². The zero-order valence-corrected chi connectivity index (χ0v) is 11.0. The van der Waals surface area contributed by atoms with Crippen LogP contribution < -0.4 is 15.2 Å². The Hall–Kier alpha value is -1.60. The van der Waals surface area contributed by atoms with Gasteiger partial charge in [-0.05, 0) is 19.1 Å². The minimum Gasteiger partial charge on any atom is -0.492 e. The zero-order chi connectivity index (χ0) is 13.9. The van der Waals surface area contributed by atoms with Gasteiger partial charge in [0, 0.05) is 6.54 Å². The molecule has 1 rings (SSSR count). The number of methoxy groups -OCH3 is 1. The molecule has 0 aliphatic carbocycles. The molecule has 0 aliphatic heterocycles. The fourth-order valence-electron chi connectivity index (χ4n) is 1.26. The lowest BCUT2D eigenvalue weighted by atomic mass is 10.3. The largest absolute Gasteiger partial charge is 0.492 e. The number of hydrogen-bond acceptors (Lipinski definition) is 4. The Kier molecular flexibility index (Phi) is 4.31. The first-order valence-corrected chi connectivity index (χ1v) is 6.53. The molecule has 0 saturated heterocycles. The van der Waals surface area contributed by atoms with E-state index in [-0.39, 0.29) is 22.9 Å². The van der Waals surface area contributed by atoms with E-state index in [4.69, 9.17) is 10.5 Å². The fourth-order valence-corrected chi connectivity index (χ4v) is 2.40. The van der Waals surface area contributed by atoms with Gasteiger partial charge in [-0.1, -0.05) is 12.2 Å². The van der Waals surface area contributed by atoms with Crippen molar-refractivity contribution in [2.45, 2.75) is 11.8 Å². The maximum absolute atomic E-state index is 13.5. The first-order chi connectivity index (χ1) is 8.27. The van der Waals surface area contributed by atoms with Crippen molar-refractivity contribution in [2.24, 2.45) is 0 Å². The van der Waals surface area contributed by atoms with Crippen molar-refractivity contribution in [3.63, 3.8) is 0 Å². The van der Waals surface area contributed by atoms with E-state index in [1.807, 2.05) is 0 Å². The Bertz CT molecular complexity index is 547. The van der Waals surface area contributed by atoms with Gasteiger partial charge >= 0.3 is 0 Å². The number of halogens is 1. The molecule has 0 amide bonds. The van der Waals surface area contributed by atoms with Gasteiger partial charge in [0.25, 0.3) is 0 Å². The third-order valence-electron chi connectivity index (χ3n) is 2.12. The second kappa shape index (κ2) is 5.36. The van der Waals surface area contributed by atoms with E-state index in [1.54, 1.807) is 6.92 Å². The van der Waals surface area contributed by atoms with Crippen LogP contribution in [0.15, 0.2) is 29.2 Å².